The number of nitrogens with two attached hydrogens (primary N) is 1. The van der Waals surface area contributed by atoms with Gasteiger partial charge in [-0.25, -0.2) is 0 Å². The summed E-state index contributed by atoms with van der Waals surface area (Å²) in [6.45, 7) is 3.33. The molecular formula is C13H20N2OS. The Labute approximate surface area is 107 Å². The first-order valence-corrected chi connectivity index (χ1v) is 7.04. The van der Waals surface area contributed by atoms with Crippen LogP contribution in [0.25, 0.3) is 0 Å². The number of amides is 1. The molecule has 0 atom stereocenters. The molecule has 1 aromatic carbocycles. The molecule has 0 fully saturated rings. The zero-order valence-electron chi connectivity index (χ0n) is 10.5. The summed E-state index contributed by atoms with van der Waals surface area (Å²) in [5.41, 5.74) is 7.18. The molecule has 0 unspecified atom stereocenters. The number of hydrogen-bond donors (Lipinski definition) is 2. The second-order valence-corrected chi connectivity index (χ2v) is 4.81. The first-order chi connectivity index (χ1) is 8.19. The maximum Gasteiger partial charge on any atom is 0.251 e. The molecule has 0 saturated heterocycles. The van der Waals surface area contributed by atoms with Crippen molar-refractivity contribution in [1.82, 2.24) is 5.32 Å². The SMILES string of the molecule is CSc1ccc(C)c(C(=O)NCCCCN)c1. The van der Waals surface area contributed by atoms with Gasteiger partial charge in [-0.2, -0.15) is 0 Å². The summed E-state index contributed by atoms with van der Waals surface area (Å²) in [6.07, 6.45) is 3.89. The lowest BCUT2D eigenvalue weighted by Gasteiger charge is -2.08. The van der Waals surface area contributed by atoms with Gasteiger partial charge in [0.05, 0.1) is 0 Å². The average Bonchev–Trinajstić information content (AvgIpc) is 2.35. The van der Waals surface area contributed by atoms with Gasteiger partial charge in [0.25, 0.3) is 5.91 Å². The van der Waals surface area contributed by atoms with Crippen LogP contribution < -0.4 is 11.1 Å². The highest BCUT2D eigenvalue weighted by atomic mass is 32.2. The van der Waals surface area contributed by atoms with E-state index in [-0.39, 0.29) is 5.91 Å². The quantitative estimate of drug-likeness (QED) is 0.603. The van der Waals surface area contributed by atoms with Gasteiger partial charge >= 0.3 is 0 Å². The Hall–Kier alpha value is -1.00. The van der Waals surface area contributed by atoms with E-state index in [1.54, 1.807) is 11.8 Å². The highest BCUT2D eigenvalue weighted by molar-refractivity contribution is 7.98. The van der Waals surface area contributed by atoms with E-state index in [4.69, 9.17) is 5.73 Å². The molecule has 0 aliphatic heterocycles. The van der Waals surface area contributed by atoms with Gasteiger partial charge in [-0.15, -0.1) is 11.8 Å². The van der Waals surface area contributed by atoms with Crippen molar-refractivity contribution in [1.29, 1.82) is 0 Å². The fourth-order valence-corrected chi connectivity index (χ4v) is 1.98. The largest absolute Gasteiger partial charge is 0.352 e. The van der Waals surface area contributed by atoms with E-state index in [0.29, 0.717) is 13.1 Å². The number of benzene rings is 1. The van der Waals surface area contributed by atoms with Crippen molar-refractivity contribution in [2.75, 3.05) is 19.3 Å². The van der Waals surface area contributed by atoms with Crippen LogP contribution in [-0.2, 0) is 0 Å². The van der Waals surface area contributed by atoms with Crippen molar-refractivity contribution < 1.29 is 4.79 Å². The summed E-state index contributed by atoms with van der Waals surface area (Å²) in [6, 6.07) is 5.96. The molecule has 1 aromatic rings. The fraction of sp³-hybridized carbons (Fsp3) is 0.462. The van der Waals surface area contributed by atoms with E-state index in [1.807, 2.05) is 31.4 Å². The smallest absolute Gasteiger partial charge is 0.251 e. The van der Waals surface area contributed by atoms with Crippen LogP contribution in [0.4, 0.5) is 0 Å². The average molecular weight is 252 g/mol. The molecule has 0 spiro atoms. The van der Waals surface area contributed by atoms with Gasteiger partial charge in [0, 0.05) is 17.0 Å². The Balaban J connectivity index is 2.61. The topological polar surface area (TPSA) is 55.1 Å². The number of nitrogens with one attached hydrogen (secondary N) is 1. The van der Waals surface area contributed by atoms with E-state index in [9.17, 15) is 4.79 Å². The van der Waals surface area contributed by atoms with Crippen LogP contribution >= 0.6 is 11.8 Å². The van der Waals surface area contributed by atoms with Crippen LogP contribution in [0.5, 0.6) is 0 Å². The zero-order chi connectivity index (χ0) is 12.7. The van der Waals surface area contributed by atoms with E-state index >= 15 is 0 Å². The van der Waals surface area contributed by atoms with Crippen LogP contribution in [0.15, 0.2) is 23.1 Å². The minimum atomic E-state index is 0.00965. The normalized spacial score (nSPS) is 10.3. The third-order valence-electron chi connectivity index (χ3n) is 2.61. The number of aryl methyl sites for hydroxylation is 1. The maximum atomic E-state index is 11.9. The Morgan fingerprint density at radius 3 is 2.82 bits per heavy atom. The standard InChI is InChI=1S/C13H20N2OS/c1-10-5-6-11(17-2)9-12(10)13(16)15-8-4-3-7-14/h5-6,9H,3-4,7-8,14H2,1-2H3,(H,15,16). The highest BCUT2D eigenvalue weighted by Gasteiger charge is 2.08. The lowest BCUT2D eigenvalue weighted by atomic mass is 10.1. The Bertz CT molecular complexity index is 380. The van der Waals surface area contributed by atoms with Gasteiger partial charge in [-0.1, -0.05) is 6.07 Å². The molecule has 1 rings (SSSR count). The summed E-state index contributed by atoms with van der Waals surface area (Å²) < 4.78 is 0. The monoisotopic (exact) mass is 252 g/mol. The Kier molecular flexibility index (Phi) is 6.08. The fourth-order valence-electron chi connectivity index (χ4n) is 1.54. The predicted molar refractivity (Wildman–Crippen MR) is 73.6 cm³/mol. The molecule has 0 aliphatic carbocycles. The molecular weight excluding hydrogens is 232 g/mol. The molecule has 0 saturated carbocycles. The van der Waals surface area contributed by atoms with E-state index in [2.05, 4.69) is 5.32 Å². The molecule has 4 heteroatoms. The zero-order valence-corrected chi connectivity index (χ0v) is 11.3. The molecule has 0 radical (unpaired) electrons. The number of carbonyl (C=O) groups is 1. The van der Waals surface area contributed by atoms with Crippen molar-refractivity contribution >= 4 is 17.7 Å². The molecule has 3 N–H and O–H groups in total. The van der Waals surface area contributed by atoms with Crippen molar-refractivity contribution in [2.45, 2.75) is 24.7 Å². The molecule has 3 nitrogen and oxygen atoms in total. The van der Waals surface area contributed by atoms with Crippen molar-refractivity contribution in [3.05, 3.63) is 29.3 Å². The number of hydrogen-bond acceptors (Lipinski definition) is 3. The van der Waals surface area contributed by atoms with Gasteiger partial charge in [-0.3, -0.25) is 4.79 Å². The Morgan fingerprint density at radius 1 is 1.41 bits per heavy atom. The Morgan fingerprint density at radius 2 is 2.18 bits per heavy atom. The lowest BCUT2D eigenvalue weighted by Crippen LogP contribution is -2.25. The van der Waals surface area contributed by atoms with Crippen LogP contribution in [0.3, 0.4) is 0 Å². The summed E-state index contributed by atoms with van der Waals surface area (Å²) >= 11 is 1.64. The minimum absolute atomic E-state index is 0.00965. The van der Waals surface area contributed by atoms with E-state index in [0.717, 1.165) is 28.9 Å². The van der Waals surface area contributed by atoms with Crippen molar-refractivity contribution in [3.63, 3.8) is 0 Å². The summed E-state index contributed by atoms with van der Waals surface area (Å²) in [4.78, 5) is 13.1. The van der Waals surface area contributed by atoms with Crippen LogP contribution in [0.1, 0.15) is 28.8 Å². The van der Waals surface area contributed by atoms with Gasteiger partial charge in [0.1, 0.15) is 0 Å². The maximum absolute atomic E-state index is 11.9. The molecule has 0 heterocycles. The van der Waals surface area contributed by atoms with Crippen molar-refractivity contribution in [3.8, 4) is 0 Å². The number of unbranched alkanes of at least 4 members (excludes halogenated alkanes) is 1. The third-order valence-corrected chi connectivity index (χ3v) is 3.33. The first kappa shape index (κ1) is 14.1. The lowest BCUT2D eigenvalue weighted by molar-refractivity contribution is 0.0952. The molecule has 0 aromatic heterocycles. The third kappa shape index (κ3) is 4.40. The van der Waals surface area contributed by atoms with Gasteiger partial charge in [0.2, 0.25) is 0 Å². The second kappa shape index (κ2) is 7.35. The van der Waals surface area contributed by atoms with Crippen LogP contribution in [0.2, 0.25) is 0 Å². The summed E-state index contributed by atoms with van der Waals surface area (Å²) in [5, 5.41) is 2.92. The molecule has 17 heavy (non-hydrogen) atoms. The summed E-state index contributed by atoms with van der Waals surface area (Å²) in [7, 11) is 0. The van der Waals surface area contributed by atoms with E-state index in [1.165, 1.54) is 0 Å². The second-order valence-electron chi connectivity index (χ2n) is 3.93. The highest BCUT2D eigenvalue weighted by Crippen LogP contribution is 2.18. The van der Waals surface area contributed by atoms with Gasteiger partial charge in [-0.05, 0) is 50.3 Å². The van der Waals surface area contributed by atoms with Crippen LogP contribution in [-0.4, -0.2) is 25.3 Å². The van der Waals surface area contributed by atoms with Gasteiger partial charge < -0.3 is 11.1 Å². The molecule has 1 amide bonds. The van der Waals surface area contributed by atoms with Crippen LogP contribution in [0, 0.1) is 6.92 Å². The summed E-state index contributed by atoms with van der Waals surface area (Å²) in [5.74, 6) is 0.00965. The molecule has 0 aliphatic rings. The predicted octanol–water partition coefficient (Wildman–Crippen LogP) is 2.19. The number of thioether (sulfide) groups is 1. The van der Waals surface area contributed by atoms with E-state index < -0.39 is 0 Å². The van der Waals surface area contributed by atoms with Crippen molar-refractivity contribution in [2.24, 2.45) is 5.73 Å². The molecule has 0 bridgehead atoms. The minimum Gasteiger partial charge on any atom is -0.352 e. The number of carbonyl (C=O) groups excluding carboxylic acids is 1. The number of rotatable bonds is 6. The molecule has 94 valence electrons. The van der Waals surface area contributed by atoms with Gasteiger partial charge in [0.15, 0.2) is 0 Å². The first-order valence-electron chi connectivity index (χ1n) is 5.82.